The predicted molar refractivity (Wildman–Crippen MR) is 137 cm³/mol. The number of nitrogens with zero attached hydrogens (tertiary/aromatic N) is 1. The molecule has 0 aliphatic heterocycles. The van der Waals surface area contributed by atoms with Crippen LogP contribution in [0.2, 0.25) is 5.02 Å². The molecule has 3 aromatic rings. The highest BCUT2D eigenvalue weighted by Crippen LogP contribution is 2.37. The van der Waals surface area contributed by atoms with E-state index in [1.54, 1.807) is 30.3 Å². The molecule has 178 valence electrons. The van der Waals surface area contributed by atoms with Crippen molar-refractivity contribution in [1.29, 1.82) is 5.26 Å². The molecule has 2 amide bonds. The van der Waals surface area contributed by atoms with Gasteiger partial charge < -0.3 is 20.1 Å². The zero-order chi connectivity index (χ0) is 25.4. The van der Waals surface area contributed by atoms with Gasteiger partial charge in [0.15, 0.2) is 18.1 Å². The number of anilines is 2. The first-order valence-electron chi connectivity index (χ1n) is 10.7. The minimum absolute atomic E-state index is 0.117. The number of para-hydroxylation sites is 1. The maximum atomic E-state index is 12.5. The maximum Gasteiger partial charge on any atom is 0.266 e. The third-order valence-corrected chi connectivity index (χ3v) is 5.26. The molecule has 0 spiro atoms. The molecule has 0 atom stereocenters. The number of rotatable bonds is 8. The summed E-state index contributed by atoms with van der Waals surface area (Å²) in [4.78, 5) is 24.9. The van der Waals surface area contributed by atoms with Gasteiger partial charge in [-0.05, 0) is 66.9 Å². The van der Waals surface area contributed by atoms with Crippen LogP contribution >= 0.6 is 11.6 Å². The average molecular weight is 490 g/mol. The molecule has 0 aliphatic carbocycles. The van der Waals surface area contributed by atoms with E-state index in [0.29, 0.717) is 16.9 Å². The molecule has 0 saturated heterocycles. The van der Waals surface area contributed by atoms with Gasteiger partial charge in [-0.1, -0.05) is 41.9 Å². The van der Waals surface area contributed by atoms with Gasteiger partial charge in [-0.2, -0.15) is 5.26 Å². The van der Waals surface area contributed by atoms with Gasteiger partial charge in [0.1, 0.15) is 11.6 Å². The second kappa shape index (κ2) is 11.7. The summed E-state index contributed by atoms with van der Waals surface area (Å²) in [5.41, 5.74) is 3.56. The van der Waals surface area contributed by atoms with Gasteiger partial charge in [-0.15, -0.1) is 0 Å². The Morgan fingerprint density at radius 1 is 1.06 bits per heavy atom. The first-order chi connectivity index (χ1) is 16.8. The molecule has 0 saturated carbocycles. The molecule has 0 heterocycles. The Kier molecular flexibility index (Phi) is 8.49. The van der Waals surface area contributed by atoms with Crippen molar-refractivity contribution in [3.8, 4) is 17.6 Å². The van der Waals surface area contributed by atoms with Crippen molar-refractivity contribution in [1.82, 2.24) is 0 Å². The average Bonchev–Trinajstić information content (AvgIpc) is 2.84. The van der Waals surface area contributed by atoms with Gasteiger partial charge in [-0.3, -0.25) is 9.59 Å². The number of halogens is 1. The summed E-state index contributed by atoms with van der Waals surface area (Å²) in [5, 5.41) is 15.1. The lowest BCUT2D eigenvalue weighted by molar-refractivity contribution is -0.118. The van der Waals surface area contributed by atoms with E-state index >= 15 is 0 Å². The minimum atomic E-state index is -0.558. The fourth-order valence-corrected chi connectivity index (χ4v) is 3.47. The molecule has 2 N–H and O–H groups in total. The van der Waals surface area contributed by atoms with Crippen LogP contribution in [0.1, 0.15) is 16.7 Å². The molecule has 3 rings (SSSR count). The quantitative estimate of drug-likeness (QED) is 0.320. The van der Waals surface area contributed by atoms with Crippen LogP contribution in [0.25, 0.3) is 6.08 Å². The fraction of sp³-hybridized carbons (Fsp3) is 0.148. The topological polar surface area (TPSA) is 100 Å². The first kappa shape index (κ1) is 25.3. The van der Waals surface area contributed by atoms with Gasteiger partial charge in [0.25, 0.3) is 11.8 Å². The monoisotopic (exact) mass is 489 g/mol. The lowest BCUT2D eigenvalue weighted by Gasteiger charge is -2.14. The third kappa shape index (κ3) is 6.85. The summed E-state index contributed by atoms with van der Waals surface area (Å²) < 4.78 is 11.0. The van der Waals surface area contributed by atoms with Crippen LogP contribution in [-0.4, -0.2) is 25.5 Å². The van der Waals surface area contributed by atoms with Crippen LogP contribution in [0, 0.1) is 25.2 Å². The zero-order valence-electron chi connectivity index (χ0n) is 19.5. The van der Waals surface area contributed by atoms with Crippen LogP contribution in [0.15, 0.2) is 66.2 Å². The summed E-state index contributed by atoms with van der Waals surface area (Å²) in [5.74, 6) is -0.485. The summed E-state index contributed by atoms with van der Waals surface area (Å²) in [7, 11) is 1.43. The molecule has 0 unspecified atom stereocenters. The Morgan fingerprint density at radius 2 is 1.80 bits per heavy atom. The Bertz CT molecular complexity index is 1310. The lowest BCUT2D eigenvalue weighted by Crippen LogP contribution is -2.21. The molecular weight excluding hydrogens is 466 g/mol. The smallest absolute Gasteiger partial charge is 0.266 e. The number of ether oxygens (including phenoxy) is 2. The third-order valence-electron chi connectivity index (χ3n) is 4.97. The number of nitriles is 1. The summed E-state index contributed by atoms with van der Waals surface area (Å²) in [6.07, 6.45) is 1.39. The normalized spacial score (nSPS) is 10.8. The molecule has 0 bridgehead atoms. The van der Waals surface area contributed by atoms with Gasteiger partial charge >= 0.3 is 0 Å². The van der Waals surface area contributed by atoms with E-state index in [4.69, 9.17) is 21.1 Å². The number of amides is 2. The van der Waals surface area contributed by atoms with E-state index in [1.807, 2.05) is 44.2 Å². The molecule has 0 radical (unpaired) electrons. The van der Waals surface area contributed by atoms with Crippen LogP contribution < -0.4 is 20.1 Å². The lowest BCUT2D eigenvalue weighted by atomic mass is 10.1. The highest BCUT2D eigenvalue weighted by Gasteiger charge is 2.16. The van der Waals surface area contributed by atoms with Crippen LogP contribution in [0.5, 0.6) is 11.5 Å². The van der Waals surface area contributed by atoms with Gasteiger partial charge in [0.2, 0.25) is 0 Å². The zero-order valence-corrected chi connectivity index (χ0v) is 20.3. The van der Waals surface area contributed by atoms with Crippen molar-refractivity contribution in [2.75, 3.05) is 24.4 Å². The van der Waals surface area contributed by atoms with Gasteiger partial charge in [0, 0.05) is 11.4 Å². The van der Waals surface area contributed by atoms with Crippen molar-refractivity contribution < 1.29 is 19.1 Å². The van der Waals surface area contributed by atoms with E-state index < -0.39 is 5.91 Å². The van der Waals surface area contributed by atoms with E-state index in [2.05, 4.69) is 10.6 Å². The fourth-order valence-electron chi connectivity index (χ4n) is 3.19. The standard InChI is InChI=1S/C27H24ClN3O4/c1-17-9-10-18(2)23(11-17)31-25(32)16-35-26-22(28)13-19(14-24(26)34-3)12-20(15-29)27(33)30-21-7-5-4-6-8-21/h4-14H,16H2,1-3H3,(H,30,33)(H,31,32)/b20-12+. The molecule has 8 heteroatoms. The Balaban J connectivity index is 1.74. The van der Waals surface area contributed by atoms with Crippen molar-refractivity contribution in [2.24, 2.45) is 0 Å². The molecular formula is C27H24ClN3O4. The Labute approximate surface area is 208 Å². The van der Waals surface area contributed by atoms with E-state index in [9.17, 15) is 14.9 Å². The first-order valence-corrected chi connectivity index (χ1v) is 11.0. The maximum absolute atomic E-state index is 12.5. The SMILES string of the molecule is COc1cc(/C=C(\C#N)C(=O)Nc2ccccc2)cc(Cl)c1OCC(=O)Nc1cc(C)ccc1C. The van der Waals surface area contributed by atoms with Gasteiger partial charge in [0.05, 0.1) is 12.1 Å². The minimum Gasteiger partial charge on any atom is -0.493 e. The van der Waals surface area contributed by atoms with Gasteiger partial charge in [-0.25, -0.2) is 0 Å². The number of aryl methyl sites for hydroxylation is 2. The van der Waals surface area contributed by atoms with Crippen molar-refractivity contribution >= 4 is 40.9 Å². The van der Waals surface area contributed by atoms with Crippen molar-refractivity contribution in [2.45, 2.75) is 13.8 Å². The highest BCUT2D eigenvalue weighted by atomic mass is 35.5. The summed E-state index contributed by atoms with van der Waals surface area (Å²) >= 11 is 6.39. The van der Waals surface area contributed by atoms with Crippen LogP contribution in [0.3, 0.4) is 0 Å². The molecule has 0 aliphatic rings. The number of hydrogen-bond acceptors (Lipinski definition) is 5. The molecule has 7 nitrogen and oxygen atoms in total. The van der Waals surface area contributed by atoms with E-state index in [1.165, 1.54) is 19.3 Å². The number of benzene rings is 3. The molecule has 3 aromatic carbocycles. The molecule has 0 aromatic heterocycles. The van der Waals surface area contributed by atoms with E-state index in [-0.39, 0.29) is 34.6 Å². The Hall–Kier alpha value is -4.28. The van der Waals surface area contributed by atoms with Crippen molar-refractivity contribution in [3.63, 3.8) is 0 Å². The van der Waals surface area contributed by atoms with Crippen LogP contribution in [0.4, 0.5) is 11.4 Å². The predicted octanol–water partition coefficient (Wildman–Crippen LogP) is 5.53. The molecule has 0 fully saturated rings. The van der Waals surface area contributed by atoms with E-state index in [0.717, 1.165) is 11.1 Å². The molecule has 35 heavy (non-hydrogen) atoms. The highest BCUT2D eigenvalue weighted by molar-refractivity contribution is 6.32. The second-order valence-corrected chi connectivity index (χ2v) is 8.09. The number of methoxy groups -OCH3 is 1. The summed E-state index contributed by atoms with van der Waals surface area (Å²) in [6, 6.07) is 19.6. The summed E-state index contributed by atoms with van der Waals surface area (Å²) in [6.45, 7) is 3.55. The Morgan fingerprint density at radius 3 is 2.49 bits per heavy atom. The number of hydrogen-bond donors (Lipinski definition) is 2. The largest absolute Gasteiger partial charge is 0.493 e. The number of carbonyl (C=O) groups is 2. The van der Waals surface area contributed by atoms with Crippen LogP contribution in [-0.2, 0) is 9.59 Å². The van der Waals surface area contributed by atoms with Crippen molar-refractivity contribution in [3.05, 3.63) is 87.9 Å². The number of nitrogens with one attached hydrogen (secondary N) is 2. The second-order valence-electron chi connectivity index (χ2n) is 7.68. The number of carbonyl (C=O) groups excluding carboxylic acids is 2.